The zero-order valence-electron chi connectivity index (χ0n) is 68.5. The van der Waals surface area contributed by atoms with Gasteiger partial charge in [-0.1, -0.05) is 394 Å². The van der Waals surface area contributed by atoms with E-state index in [4.69, 9.17) is 29.4 Å². The van der Waals surface area contributed by atoms with Crippen molar-refractivity contribution in [1.29, 1.82) is 0 Å². The first-order valence-corrected chi connectivity index (χ1v) is 43.0. The van der Waals surface area contributed by atoms with Crippen LogP contribution in [-0.4, -0.2) is 19.9 Å². The van der Waals surface area contributed by atoms with Crippen LogP contribution in [0.25, 0.3) is 167 Å². The molecule has 0 radical (unpaired) electrons. The second-order valence-corrected chi connectivity index (χ2v) is 32.8. The molecule has 0 atom stereocenters. The zero-order valence-corrected chi connectivity index (χ0v) is 68.5. The minimum absolute atomic E-state index is 0.512. The lowest BCUT2D eigenvalue weighted by atomic mass is 9.67. The van der Waals surface area contributed by atoms with E-state index in [0.29, 0.717) is 11.6 Å². The number of nitrogens with zero attached hydrogens (tertiary/aromatic N) is 4. The summed E-state index contributed by atoms with van der Waals surface area (Å²) < 4.78 is 13.2. The topological polar surface area (TPSA) is 70.0 Å². The van der Waals surface area contributed by atoms with Gasteiger partial charge in [0, 0.05) is 55.3 Å². The van der Waals surface area contributed by atoms with Gasteiger partial charge in [-0.15, -0.1) is 0 Å². The Bertz CT molecular complexity index is 7770. The van der Waals surface area contributed by atoms with Gasteiger partial charge in [0.2, 0.25) is 0 Å². The molecule has 21 aromatic rings. The summed E-state index contributed by atoms with van der Waals surface area (Å²) in [5, 5.41) is 4.62. The van der Waals surface area contributed by atoms with Gasteiger partial charge in [-0.25, -0.2) is 19.9 Å². The third-order valence-corrected chi connectivity index (χ3v) is 26.0. The fourth-order valence-corrected chi connectivity index (χ4v) is 20.3. The first-order chi connectivity index (χ1) is 62.4. The SMILES string of the molecule is c1ccc(-c2nc(-c3ccc(-c4ccc5c(c4)-c4cccc6c(-c7ccccc7)ccc(c46)O5)cc3)cc(-c3ccc4c(c3)C(c3ccccc3)(c3ccccc3)c3ccccc3-4)n2)cc1.c1ccc(-c2nc(-c3ccc4c(c3)-c3cccc5c(-c6ccccc6)ccc(c35)O4)cc(-c3ccc4c(c3)C(c3ccccc3)(c3ccccc3)c3ccccc3-4)n2)cc1. The Morgan fingerprint density at radius 2 is 0.444 bits per heavy atom. The number of hydrogen-bond acceptors (Lipinski definition) is 6. The van der Waals surface area contributed by atoms with Crippen molar-refractivity contribution in [3.05, 3.63) is 506 Å². The number of fused-ring (bicyclic) bond motifs is 10. The number of aromatic nitrogens is 4. The van der Waals surface area contributed by atoms with Crippen LogP contribution in [0, 0.1) is 0 Å². The van der Waals surface area contributed by atoms with Crippen molar-refractivity contribution in [3.63, 3.8) is 0 Å². The van der Waals surface area contributed by atoms with Crippen LogP contribution in [0.4, 0.5) is 0 Å². The molecule has 6 heteroatoms. The molecule has 0 fully saturated rings. The highest BCUT2D eigenvalue weighted by Crippen LogP contribution is 2.60. The molecule has 0 saturated carbocycles. The van der Waals surface area contributed by atoms with Crippen molar-refractivity contribution < 1.29 is 9.47 Å². The Hall–Kier alpha value is -16.5. The first-order valence-electron chi connectivity index (χ1n) is 43.0. The Labute approximate surface area is 731 Å². The smallest absolute Gasteiger partial charge is 0.160 e. The summed E-state index contributed by atoms with van der Waals surface area (Å²) >= 11 is 0. The summed E-state index contributed by atoms with van der Waals surface area (Å²) in [6.45, 7) is 0. The molecule has 4 aliphatic rings. The van der Waals surface area contributed by atoms with E-state index < -0.39 is 10.8 Å². The summed E-state index contributed by atoms with van der Waals surface area (Å²) in [6.07, 6.45) is 0. The molecule has 0 amide bonds. The minimum atomic E-state index is -0.515. The lowest BCUT2D eigenvalue weighted by Crippen LogP contribution is -2.28. The molecule has 0 saturated heterocycles. The molecule has 2 aliphatic carbocycles. The second kappa shape index (κ2) is 30.3. The highest BCUT2D eigenvalue weighted by Gasteiger charge is 2.48. The molecule has 2 aromatic heterocycles. The molecule has 0 spiro atoms. The van der Waals surface area contributed by atoms with Crippen LogP contribution in [0.2, 0.25) is 0 Å². The van der Waals surface area contributed by atoms with E-state index >= 15 is 0 Å². The van der Waals surface area contributed by atoms with Crippen molar-refractivity contribution >= 4 is 21.5 Å². The van der Waals surface area contributed by atoms with Gasteiger partial charge in [-0.3, -0.25) is 0 Å². The Morgan fingerprint density at radius 3 is 0.849 bits per heavy atom. The van der Waals surface area contributed by atoms with Crippen molar-refractivity contribution in [2.24, 2.45) is 0 Å². The van der Waals surface area contributed by atoms with Gasteiger partial charge in [0.1, 0.15) is 23.0 Å². The normalized spacial score (nSPS) is 12.9. The molecule has 6 nitrogen and oxygen atoms in total. The van der Waals surface area contributed by atoms with E-state index in [1.165, 1.54) is 105 Å². The fourth-order valence-electron chi connectivity index (χ4n) is 20.3. The van der Waals surface area contributed by atoms with Crippen LogP contribution in [0.15, 0.2) is 461 Å². The van der Waals surface area contributed by atoms with Gasteiger partial charge < -0.3 is 9.47 Å². The summed E-state index contributed by atoms with van der Waals surface area (Å²) in [6, 6.07) is 165. The molecule has 0 unspecified atom stereocenters. The summed E-state index contributed by atoms with van der Waals surface area (Å²) in [5.41, 5.74) is 34.9. The Kier molecular flexibility index (Phi) is 17.6. The zero-order chi connectivity index (χ0) is 83.2. The maximum absolute atomic E-state index is 6.65. The van der Waals surface area contributed by atoms with Gasteiger partial charge in [0.15, 0.2) is 11.6 Å². The molecule has 126 heavy (non-hydrogen) atoms. The second-order valence-electron chi connectivity index (χ2n) is 32.8. The van der Waals surface area contributed by atoms with Gasteiger partial charge in [-0.2, -0.15) is 0 Å². The molecule has 4 heterocycles. The molecule has 25 rings (SSSR count). The predicted molar refractivity (Wildman–Crippen MR) is 514 cm³/mol. The molecule has 19 aromatic carbocycles. The quantitative estimate of drug-likeness (QED) is 0.115. The van der Waals surface area contributed by atoms with Crippen LogP contribution >= 0.6 is 0 Å². The van der Waals surface area contributed by atoms with Crippen LogP contribution < -0.4 is 9.47 Å². The van der Waals surface area contributed by atoms with Crippen LogP contribution in [0.3, 0.4) is 0 Å². The van der Waals surface area contributed by atoms with Gasteiger partial charge in [0.25, 0.3) is 0 Å². The monoisotopic (exact) mass is 1600 g/mol. The largest absolute Gasteiger partial charge is 0.456 e. The molecular formula is C120H76N4O2. The molecule has 0 N–H and O–H groups in total. The average Bonchev–Trinajstić information content (AvgIpc) is 1.53. The van der Waals surface area contributed by atoms with Gasteiger partial charge in [0.05, 0.1) is 33.6 Å². The standard InChI is InChI=1S/C63H40N2O.C57H36N2O/c1-5-16-42(17-6-1)49-35-37-60-61-52(49)25-15-26-53(61)54-38-45(33-36-59(54)66-60)41-28-30-43(31-29-41)57-40-58(65-62(64-57)44-18-7-2-8-19-44)46-32-34-51-50-24-13-14-27-55(50)63(56(51)39-46,47-20-9-3-10-21-47)48-22-11-4-12-23-48;1-5-16-37(17-6-1)43-31-33-54-55-46(43)25-15-26-47(55)48-34-39(29-32-53(48)60-54)51-36-52(59-56(58-51)38-18-7-2-8-19-38)40-28-30-45-44-24-13-14-27-49(44)57(50(45)35-40,41-20-9-3-10-21-41)42-22-11-4-12-23-42/h1-40H;1-36H. The van der Waals surface area contributed by atoms with Crippen molar-refractivity contribution in [2.45, 2.75) is 10.8 Å². The number of benzene rings is 19. The van der Waals surface area contributed by atoms with Gasteiger partial charge >= 0.3 is 0 Å². The number of hydrogen-bond donors (Lipinski definition) is 0. The summed E-state index contributed by atoms with van der Waals surface area (Å²) in [4.78, 5) is 21.1. The molecular weight excluding hydrogens is 1530 g/mol. The maximum atomic E-state index is 6.65. The van der Waals surface area contributed by atoms with E-state index in [0.717, 1.165) is 118 Å². The maximum Gasteiger partial charge on any atom is 0.160 e. The summed E-state index contributed by atoms with van der Waals surface area (Å²) in [7, 11) is 0. The highest BCUT2D eigenvalue weighted by atomic mass is 16.5. The number of ether oxygens (including phenoxy) is 2. The van der Waals surface area contributed by atoms with Crippen LogP contribution in [0.5, 0.6) is 23.0 Å². The van der Waals surface area contributed by atoms with Crippen LogP contribution in [0.1, 0.15) is 44.5 Å². The average molecular weight is 1610 g/mol. The van der Waals surface area contributed by atoms with Crippen LogP contribution in [-0.2, 0) is 10.8 Å². The predicted octanol–water partition coefficient (Wildman–Crippen LogP) is 30.5. The minimum Gasteiger partial charge on any atom is -0.456 e. The lowest BCUT2D eigenvalue weighted by molar-refractivity contribution is 0.487. The van der Waals surface area contributed by atoms with Crippen molar-refractivity contribution in [1.82, 2.24) is 19.9 Å². The Morgan fingerprint density at radius 1 is 0.159 bits per heavy atom. The molecule has 2 aliphatic heterocycles. The van der Waals surface area contributed by atoms with Crippen molar-refractivity contribution in [2.75, 3.05) is 0 Å². The third kappa shape index (κ3) is 12.1. The van der Waals surface area contributed by atoms with Crippen molar-refractivity contribution in [3.8, 4) is 169 Å². The van der Waals surface area contributed by atoms with E-state index in [-0.39, 0.29) is 0 Å². The van der Waals surface area contributed by atoms with E-state index in [1.807, 2.05) is 36.4 Å². The molecule has 0 bridgehead atoms. The third-order valence-electron chi connectivity index (χ3n) is 26.0. The van der Waals surface area contributed by atoms with Gasteiger partial charge in [-0.05, 0) is 189 Å². The van der Waals surface area contributed by atoms with E-state index in [1.54, 1.807) is 0 Å². The van der Waals surface area contributed by atoms with E-state index in [9.17, 15) is 0 Å². The fraction of sp³-hybridized carbons (Fsp3) is 0.0167. The lowest BCUT2D eigenvalue weighted by Gasteiger charge is -2.34. The number of rotatable bonds is 13. The highest BCUT2D eigenvalue weighted by molar-refractivity contribution is 6.12. The molecule has 588 valence electrons. The Balaban J connectivity index is 0.000000142. The first kappa shape index (κ1) is 73.4. The summed E-state index contributed by atoms with van der Waals surface area (Å²) in [5.74, 6) is 4.83. The van der Waals surface area contributed by atoms with E-state index in [2.05, 4.69) is 425 Å².